The number of anilines is 1. The van der Waals surface area contributed by atoms with Crippen LogP contribution >= 0.6 is 0 Å². The number of rotatable bonds is 6. The first-order valence-corrected chi connectivity index (χ1v) is 6.19. The summed E-state index contributed by atoms with van der Waals surface area (Å²) in [6, 6.07) is 5.28. The van der Waals surface area contributed by atoms with Gasteiger partial charge >= 0.3 is 5.97 Å². The number of likely N-dealkylation sites (N-methyl/N-ethyl adjacent to an activating group) is 1. The third-order valence-corrected chi connectivity index (χ3v) is 3.03. The molecule has 4 heteroatoms. The molecule has 0 fully saturated rings. The van der Waals surface area contributed by atoms with Gasteiger partial charge in [-0.3, -0.25) is 0 Å². The van der Waals surface area contributed by atoms with E-state index in [0.717, 1.165) is 11.3 Å². The lowest BCUT2D eigenvalue weighted by molar-refractivity contribution is -0.138. The Bertz CT molecular complexity index is 418. The van der Waals surface area contributed by atoms with E-state index in [1.807, 2.05) is 43.9 Å². The predicted octanol–water partition coefficient (Wildman–Crippen LogP) is 2.69. The summed E-state index contributed by atoms with van der Waals surface area (Å²) in [6.45, 7) is 6.44. The molecule has 18 heavy (non-hydrogen) atoms. The molecule has 0 unspecified atom stereocenters. The molecule has 4 nitrogen and oxygen atoms in total. The first kappa shape index (κ1) is 14.4. The van der Waals surface area contributed by atoms with E-state index in [0.29, 0.717) is 18.7 Å². The number of carboxylic acids is 1. The Balaban J connectivity index is 3.22. The molecule has 1 aromatic carbocycles. The van der Waals surface area contributed by atoms with Crippen molar-refractivity contribution in [1.82, 2.24) is 0 Å². The lowest BCUT2D eigenvalue weighted by atomic mass is 10.1. The van der Waals surface area contributed by atoms with Crippen molar-refractivity contribution in [2.24, 2.45) is 0 Å². The fraction of sp³-hybridized carbons (Fsp3) is 0.500. The number of benzene rings is 1. The molecule has 0 aromatic heterocycles. The number of hydrogen-bond acceptors (Lipinski definition) is 3. The zero-order valence-electron chi connectivity index (χ0n) is 11.4. The molecular formula is C14H21NO3. The van der Waals surface area contributed by atoms with E-state index in [9.17, 15) is 9.90 Å². The molecule has 0 bridgehead atoms. The Morgan fingerprint density at radius 3 is 2.56 bits per heavy atom. The van der Waals surface area contributed by atoms with Crippen molar-refractivity contribution in [1.29, 1.82) is 0 Å². The lowest BCUT2D eigenvalue weighted by Gasteiger charge is -2.30. The van der Waals surface area contributed by atoms with Crippen molar-refractivity contribution in [3.8, 4) is 5.75 Å². The number of hydrogen-bond donors (Lipinski definition) is 1. The number of ether oxygens (including phenoxy) is 1. The van der Waals surface area contributed by atoms with Crippen LogP contribution in [0, 0.1) is 6.92 Å². The Morgan fingerprint density at radius 1 is 1.44 bits per heavy atom. The van der Waals surface area contributed by atoms with Crippen LogP contribution < -0.4 is 9.64 Å². The Hall–Kier alpha value is -1.71. The molecule has 1 N–H and O–H groups in total. The van der Waals surface area contributed by atoms with Crippen molar-refractivity contribution in [2.75, 3.05) is 18.6 Å². The number of nitrogens with zero attached hydrogens (tertiary/aromatic N) is 1. The highest BCUT2D eigenvalue weighted by Gasteiger charge is 2.25. The highest BCUT2D eigenvalue weighted by Crippen LogP contribution is 2.31. The summed E-state index contributed by atoms with van der Waals surface area (Å²) in [5.41, 5.74) is 1.93. The third-order valence-electron chi connectivity index (χ3n) is 3.03. The molecule has 0 aliphatic heterocycles. The van der Waals surface area contributed by atoms with Gasteiger partial charge in [0.25, 0.3) is 0 Å². The second kappa shape index (κ2) is 6.28. The zero-order chi connectivity index (χ0) is 13.7. The summed E-state index contributed by atoms with van der Waals surface area (Å²) in [4.78, 5) is 13.2. The van der Waals surface area contributed by atoms with E-state index in [1.54, 1.807) is 7.11 Å². The van der Waals surface area contributed by atoms with Crippen LogP contribution in [0.3, 0.4) is 0 Å². The molecule has 1 atom stereocenters. The smallest absolute Gasteiger partial charge is 0.326 e. The largest absolute Gasteiger partial charge is 0.495 e. The lowest BCUT2D eigenvalue weighted by Crippen LogP contribution is -2.41. The van der Waals surface area contributed by atoms with Gasteiger partial charge in [-0.1, -0.05) is 13.0 Å². The van der Waals surface area contributed by atoms with Gasteiger partial charge in [0.05, 0.1) is 12.8 Å². The normalized spacial score (nSPS) is 12.0. The maximum Gasteiger partial charge on any atom is 0.326 e. The summed E-state index contributed by atoms with van der Waals surface area (Å²) in [6.07, 6.45) is 0.556. The van der Waals surface area contributed by atoms with E-state index in [4.69, 9.17) is 4.74 Å². The number of aliphatic carboxylic acids is 1. The molecule has 0 amide bonds. The van der Waals surface area contributed by atoms with E-state index in [2.05, 4.69) is 0 Å². The molecule has 0 aliphatic rings. The van der Waals surface area contributed by atoms with E-state index in [-0.39, 0.29) is 0 Å². The minimum absolute atomic E-state index is 0.523. The molecule has 0 saturated heterocycles. The second-order valence-corrected chi connectivity index (χ2v) is 4.22. The minimum atomic E-state index is -0.803. The maximum atomic E-state index is 11.3. The van der Waals surface area contributed by atoms with Crippen LogP contribution in [0.15, 0.2) is 18.2 Å². The first-order valence-electron chi connectivity index (χ1n) is 6.19. The fourth-order valence-electron chi connectivity index (χ4n) is 2.11. The first-order chi connectivity index (χ1) is 8.54. The quantitative estimate of drug-likeness (QED) is 0.844. The average molecular weight is 251 g/mol. The van der Waals surface area contributed by atoms with Gasteiger partial charge in [-0.05, 0) is 38.0 Å². The molecule has 100 valence electrons. The summed E-state index contributed by atoms with van der Waals surface area (Å²) >= 11 is 0. The van der Waals surface area contributed by atoms with E-state index < -0.39 is 12.0 Å². The van der Waals surface area contributed by atoms with Gasteiger partial charge in [0.1, 0.15) is 11.8 Å². The number of carboxylic acid groups (broad SMARTS) is 1. The van der Waals surface area contributed by atoms with Crippen molar-refractivity contribution in [3.05, 3.63) is 23.8 Å². The van der Waals surface area contributed by atoms with Gasteiger partial charge in [-0.2, -0.15) is 0 Å². The minimum Gasteiger partial charge on any atom is -0.495 e. The SMILES string of the molecule is CC[C@H](C(=O)O)N(CC)c1cc(C)ccc1OC. The predicted molar refractivity (Wildman–Crippen MR) is 72.5 cm³/mol. The molecule has 0 radical (unpaired) electrons. The van der Waals surface area contributed by atoms with Crippen molar-refractivity contribution >= 4 is 11.7 Å². The molecule has 0 spiro atoms. The van der Waals surface area contributed by atoms with Gasteiger partial charge in [-0.15, -0.1) is 0 Å². The van der Waals surface area contributed by atoms with Crippen molar-refractivity contribution in [3.63, 3.8) is 0 Å². The summed E-state index contributed by atoms with van der Waals surface area (Å²) in [5.74, 6) is -0.0925. The zero-order valence-corrected chi connectivity index (χ0v) is 11.4. The molecule has 0 heterocycles. The summed E-state index contributed by atoms with van der Waals surface area (Å²) < 4.78 is 5.32. The van der Waals surface area contributed by atoms with Gasteiger partial charge in [0, 0.05) is 6.54 Å². The number of methoxy groups -OCH3 is 1. The molecular weight excluding hydrogens is 230 g/mol. The second-order valence-electron chi connectivity index (χ2n) is 4.22. The van der Waals surface area contributed by atoms with Gasteiger partial charge in [-0.25, -0.2) is 4.79 Å². The van der Waals surface area contributed by atoms with Gasteiger partial charge in [0.2, 0.25) is 0 Å². The summed E-state index contributed by atoms with van der Waals surface area (Å²) in [5, 5.41) is 9.29. The van der Waals surface area contributed by atoms with Crippen LogP contribution in [-0.4, -0.2) is 30.8 Å². The highest BCUT2D eigenvalue weighted by molar-refractivity contribution is 5.79. The Labute approximate surface area is 108 Å². The van der Waals surface area contributed by atoms with Crippen LogP contribution in [0.4, 0.5) is 5.69 Å². The van der Waals surface area contributed by atoms with E-state index in [1.165, 1.54) is 0 Å². The van der Waals surface area contributed by atoms with Gasteiger partial charge in [0.15, 0.2) is 0 Å². The molecule has 1 aromatic rings. The number of carbonyl (C=O) groups is 1. The topological polar surface area (TPSA) is 49.8 Å². The van der Waals surface area contributed by atoms with Crippen LogP contribution in [0.5, 0.6) is 5.75 Å². The highest BCUT2D eigenvalue weighted by atomic mass is 16.5. The average Bonchev–Trinajstić information content (AvgIpc) is 2.35. The van der Waals surface area contributed by atoms with Crippen LogP contribution in [-0.2, 0) is 4.79 Å². The maximum absolute atomic E-state index is 11.3. The van der Waals surface area contributed by atoms with Crippen LogP contribution in [0.2, 0.25) is 0 Å². The van der Waals surface area contributed by atoms with Gasteiger partial charge < -0.3 is 14.7 Å². The fourth-order valence-corrected chi connectivity index (χ4v) is 2.11. The monoisotopic (exact) mass is 251 g/mol. The molecule has 1 rings (SSSR count). The Morgan fingerprint density at radius 2 is 2.11 bits per heavy atom. The van der Waals surface area contributed by atoms with Crippen molar-refractivity contribution in [2.45, 2.75) is 33.2 Å². The van der Waals surface area contributed by atoms with E-state index >= 15 is 0 Å². The Kier molecular flexibility index (Phi) is 5.01. The van der Waals surface area contributed by atoms with Crippen molar-refractivity contribution < 1.29 is 14.6 Å². The van der Waals surface area contributed by atoms with Crippen LogP contribution in [0.1, 0.15) is 25.8 Å². The number of aryl methyl sites for hydroxylation is 1. The molecule has 0 saturated carbocycles. The summed E-state index contributed by atoms with van der Waals surface area (Å²) in [7, 11) is 1.60. The third kappa shape index (κ3) is 2.94. The standard InChI is InChI=1S/C14H21NO3/c1-5-11(14(16)17)15(6-2)12-9-10(3)7-8-13(12)18-4/h7-9,11H,5-6H2,1-4H3,(H,16,17)/t11-/m1/s1. The molecule has 0 aliphatic carbocycles. The van der Waals surface area contributed by atoms with Crippen LogP contribution in [0.25, 0.3) is 0 Å².